The zero-order chi connectivity index (χ0) is 14.6. The molecule has 0 atom stereocenters. The van der Waals surface area contributed by atoms with E-state index in [0.29, 0.717) is 38.1 Å². The van der Waals surface area contributed by atoms with Gasteiger partial charge in [0.2, 0.25) is 5.91 Å². The van der Waals surface area contributed by atoms with Gasteiger partial charge in [-0.2, -0.15) is 0 Å². The molecule has 1 saturated carbocycles. The van der Waals surface area contributed by atoms with Gasteiger partial charge in [0.25, 0.3) is 0 Å². The van der Waals surface area contributed by atoms with Gasteiger partial charge >= 0.3 is 5.97 Å². The molecule has 19 heavy (non-hydrogen) atoms. The summed E-state index contributed by atoms with van der Waals surface area (Å²) in [6.45, 7) is 9.30. The third-order valence-electron chi connectivity index (χ3n) is 4.73. The number of rotatable bonds is 5. The predicted octanol–water partition coefficient (Wildman–Crippen LogP) is 2.68. The number of nitrogens with one attached hydrogen (secondary N) is 1. The fraction of sp³-hybridized carbons (Fsp3) is 0.867. The van der Waals surface area contributed by atoms with E-state index in [4.69, 9.17) is 5.11 Å². The van der Waals surface area contributed by atoms with E-state index in [-0.39, 0.29) is 23.2 Å². The molecule has 0 aromatic rings. The second-order valence-corrected chi connectivity index (χ2v) is 6.75. The standard InChI is InChI=1S/C15H27NO3/c1-10(2)15(3,4)9-16-13(17)11-5-7-12(8-6-11)14(18)19/h10-12H,5-9H2,1-4H3,(H,16,17)(H,18,19). The third kappa shape index (κ3) is 4.51. The molecule has 4 heteroatoms. The average Bonchev–Trinajstić information content (AvgIpc) is 2.36. The van der Waals surface area contributed by atoms with Gasteiger partial charge in [0.05, 0.1) is 5.92 Å². The molecule has 0 spiro atoms. The minimum Gasteiger partial charge on any atom is -0.481 e. The zero-order valence-electron chi connectivity index (χ0n) is 12.5. The second-order valence-electron chi connectivity index (χ2n) is 6.75. The minimum atomic E-state index is -0.722. The molecule has 0 bridgehead atoms. The molecule has 1 amide bonds. The molecule has 0 saturated heterocycles. The molecule has 4 nitrogen and oxygen atoms in total. The molecule has 1 fully saturated rings. The lowest BCUT2D eigenvalue weighted by molar-refractivity contribution is -0.144. The van der Waals surface area contributed by atoms with Gasteiger partial charge in [-0.3, -0.25) is 9.59 Å². The number of carbonyl (C=O) groups is 2. The van der Waals surface area contributed by atoms with Crippen LogP contribution >= 0.6 is 0 Å². The van der Waals surface area contributed by atoms with Crippen LogP contribution in [0.5, 0.6) is 0 Å². The smallest absolute Gasteiger partial charge is 0.306 e. The highest BCUT2D eigenvalue weighted by Crippen LogP contribution is 2.30. The summed E-state index contributed by atoms with van der Waals surface area (Å²) in [5.74, 6) is -0.373. The summed E-state index contributed by atoms with van der Waals surface area (Å²) >= 11 is 0. The predicted molar refractivity (Wildman–Crippen MR) is 74.7 cm³/mol. The highest BCUT2D eigenvalue weighted by Gasteiger charge is 2.30. The van der Waals surface area contributed by atoms with E-state index in [2.05, 4.69) is 33.0 Å². The molecule has 0 heterocycles. The zero-order valence-corrected chi connectivity index (χ0v) is 12.5. The van der Waals surface area contributed by atoms with Gasteiger partial charge in [0, 0.05) is 12.5 Å². The Balaban J connectivity index is 2.38. The summed E-state index contributed by atoms with van der Waals surface area (Å²) in [6, 6.07) is 0. The van der Waals surface area contributed by atoms with E-state index in [1.807, 2.05) is 0 Å². The van der Waals surface area contributed by atoms with Crippen LogP contribution in [0.25, 0.3) is 0 Å². The Morgan fingerprint density at radius 1 is 1.16 bits per heavy atom. The molecular formula is C15H27NO3. The van der Waals surface area contributed by atoms with Gasteiger partial charge in [0.1, 0.15) is 0 Å². The van der Waals surface area contributed by atoms with E-state index in [9.17, 15) is 9.59 Å². The third-order valence-corrected chi connectivity index (χ3v) is 4.73. The number of hydrogen-bond acceptors (Lipinski definition) is 2. The number of carbonyl (C=O) groups excluding carboxylic acids is 1. The van der Waals surface area contributed by atoms with Crippen LogP contribution in [0.2, 0.25) is 0 Å². The lowest BCUT2D eigenvalue weighted by Gasteiger charge is -2.31. The van der Waals surface area contributed by atoms with Crippen molar-refractivity contribution in [2.45, 2.75) is 53.4 Å². The van der Waals surface area contributed by atoms with Crippen LogP contribution in [-0.4, -0.2) is 23.5 Å². The first-order valence-corrected chi connectivity index (χ1v) is 7.24. The molecule has 1 aliphatic rings. The minimum absolute atomic E-state index is 0.00133. The Bertz CT molecular complexity index is 328. The highest BCUT2D eigenvalue weighted by molar-refractivity contribution is 5.79. The topological polar surface area (TPSA) is 66.4 Å². The van der Waals surface area contributed by atoms with E-state index < -0.39 is 5.97 Å². The number of aliphatic carboxylic acids is 1. The van der Waals surface area contributed by atoms with Crippen molar-refractivity contribution in [1.82, 2.24) is 5.32 Å². The fourth-order valence-corrected chi connectivity index (χ4v) is 2.27. The van der Waals surface area contributed by atoms with Gasteiger partial charge in [-0.05, 0) is 37.0 Å². The molecule has 0 aromatic carbocycles. The number of hydrogen-bond donors (Lipinski definition) is 2. The Labute approximate surface area is 116 Å². The lowest BCUT2D eigenvalue weighted by Crippen LogP contribution is -2.41. The van der Waals surface area contributed by atoms with Crippen molar-refractivity contribution in [3.05, 3.63) is 0 Å². The first kappa shape index (κ1) is 16.0. The van der Waals surface area contributed by atoms with Crippen molar-refractivity contribution >= 4 is 11.9 Å². The molecule has 1 rings (SSSR count). The molecule has 0 unspecified atom stereocenters. The van der Waals surface area contributed by atoms with Gasteiger partial charge in [0.15, 0.2) is 0 Å². The van der Waals surface area contributed by atoms with Crippen LogP contribution in [-0.2, 0) is 9.59 Å². The van der Waals surface area contributed by atoms with Crippen molar-refractivity contribution in [3.8, 4) is 0 Å². The van der Waals surface area contributed by atoms with E-state index in [0.717, 1.165) is 0 Å². The summed E-state index contributed by atoms with van der Waals surface area (Å²) in [6.07, 6.45) is 2.65. The van der Waals surface area contributed by atoms with Crippen molar-refractivity contribution in [2.24, 2.45) is 23.2 Å². The molecule has 0 aliphatic heterocycles. The van der Waals surface area contributed by atoms with Crippen LogP contribution in [0, 0.1) is 23.2 Å². The summed E-state index contributed by atoms with van der Waals surface area (Å²) in [4.78, 5) is 22.9. The molecule has 1 aliphatic carbocycles. The second kappa shape index (κ2) is 6.40. The van der Waals surface area contributed by atoms with Crippen LogP contribution in [0.3, 0.4) is 0 Å². The van der Waals surface area contributed by atoms with Crippen LogP contribution in [0.15, 0.2) is 0 Å². The summed E-state index contributed by atoms with van der Waals surface area (Å²) in [7, 11) is 0. The maximum Gasteiger partial charge on any atom is 0.306 e. The van der Waals surface area contributed by atoms with Gasteiger partial charge < -0.3 is 10.4 Å². The Hall–Kier alpha value is -1.06. The molecule has 2 N–H and O–H groups in total. The number of amides is 1. The van der Waals surface area contributed by atoms with Gasteiger partial charge in [-0.15, -0.1) is 0 Å². The summed E-state index contributed by atoms with van der Waals surface area (Å²) < 4.78 is 0. The quantitative estimate of drug-likeness (QED) is 0.806. The maximum absolute atomic E-state index is 12.1. The first-order valence-electron chi connectivity index (χ1n) is 7.24. The molecule has 110 valence electrons. The highest BCUT2D eigenvalue weighted by atomic mass is 16.4. The van der Waals surface area contributed by atoms with Crippen LogP contribution in [0.4, 0.5) is 0 Å². The van der Waals surface area contributed by atoms with Crippen LogP contribution in [0.1, 0.15) is 53.4 Å². The average molecular weight is 269 g/mol. The monoisotopic (exact) mass is 269 g/mol. The SMILES string of the molecule is CC(C)C(C)(C)CNC(=O)C1CCC(C(=O)O)CC1. The number of carboxylic acids is 1. The molecule has 0 radical (unpaired) electrons. The first-order chi connectivity index (χ1) is 8.74. The summed E-state index contributed by atoms with van der Waals surface area (Å²) in [5, 5.41) is 12.0. The number of carboxylic acid groups (broad SMARTS) is 1. The lowest BCUT2D eigenvalue weighted by atomic mass is 9.80. The van der Waals surface area contributed by atoms with Gasteiger partial charge in [-0.25, -0.2) is 0 Å². The molecule has 0 aromatic heterocycles. The van der Waals surface area contributed by atoms with E-state index in [1.165, 1.54) is 0 Å². The Morgan fingerprint density at radius 2 is 1.63 bits per heavy atom. The van der Waals surface area contributed by atoms with E-state index >= 15 is 0 Å². The Kier molecular flexibility index (Phi) is 5.39. The fourth-order valence-electron chi connectivity index (χ4n) is 2.27. The molecular weight excluding hydrogens is 242 g/mol. The summed E-state index contributed by atoms with van der Waals surface area (Å²) in [5.41, 5.74) is 0.0912. The van der Waals surface area contributed by atoms with Crippen molar-refractivity contribution in [1.29, 1.82) is 0 Å². The normalized spacial score (nSPS) is 24.3. The largest absolute Gasteiger partial charge is 0.481 e. The van der Waals surface area contributed by atoms with Gasteiger partial charge in [-0.1, -0.05) is 27.7 Å². The Morgan fingerprint density at radius 3 is 2.05 bits per heavy atom. The maximum atomic E-state index is 12.1. The van der Waals surface area contributed by atoms with Crippen molar-refractivity contribution < 1.29 is 14.7 Å². The van der Waals surface area contributed by atoms with E-state index in [1.54, 1.807) is 0 Å². The van der Waals surface area contributed by atoms with Crippen LogP contribution < -0.4 is 5.32 Å². The van der Waals surface area contributed by atoms with Crippen molar-refractivity contribution in [2.75, 3.05) is 6.54 Å². The van der Waals surface area contributed by atoms with Crippen molar-refractivity contribution in [3.63, 3.8) is 0 Å².